The number of aliphatic hydroxyl groups is 2. The summed E-state index contributed by atoms with van der Waals surface area (Å²) in [6.07, 6.45) is 74.6. The molecule has 3 N–H and O–H groups in total. The third kappa shape index (κ3) is 51.5. The summed E-state index contributed by atoms with van der Waals surface area (Å²) in [6.45, 7) is 4.33. The molecule has 0 rings (SSSR count). The van der Waals surface area contributed by atoms with Crippen molar-refractivity contribution in [2.24, 2.45) is 0 Å². The Balaban J connectivity index is 3.51. The van der Waals surface area contributed by atoms with Gasteiger partial charge in [0.2, 0.25) is 5.91 Å². The topological polar surface area (TPSA) is 69.6 Å². The fourth-order valence-electron chi connectivity index (χ4n) is 8.96. The maximum absolute atomic E-state index is 12.5. The minimum absolute atomic E-state index is 0.0709. The van der Waals surface area contributed by atoms with Crippen LogP contribution in [0.3, 0.4) is 0 Å². The standard InChI is InChI=1S/C59H113NO3/c1-3-5-7-9-11-13-15-17-19-21-23-25-27-29-31-33-35-37-39-41-43-45-47-49-51-53-55-59(63)60-57(56-61)58(62)54-52-50-48-46-44-42-40-38-36-34-32-30-28-26-24-22-20-18-16-14-12-10-8-6-4-2/h29,31,44,46,52,54,57-58,61-62H,3-28,30,32-43,45,47-51,53,55-56H2,1-2H3,(H,60,63)/b31-29-,46-44+,54-52+. The molecule has 4 heteroatoms. The normalized spacial score (nSPS) is 13.0. The zero-order chi connectivity index (χ0) is 45.6. The average Bonchev–Trinajstić information content (AvgIpc) is 3.29. The van der Waals surface area contributed by atoms with Crippen molar-refractivity contribution >= 4 is 5.91 Å². The molecule has 0 heterocycles. The van der Waals surface area contributed by atoms with E-state index in [1.165, 1.54) is 263 Å². The number of carbonyl (C=O) groups excluding carboxylic acids is 1. The summed E-state index contributed by atoms with van der Waals surface area (Å²) in [5.41, 5.74) is 0. The van der Waals surface area contributed by atoms with E-state index in [1.807, 2.05) is 6.08 Å². The predicted octanol–water partition coefficient (Wildman–Crippen LogP) is 18.9. The number of aliphatic hydroxyl groups excluding tert-OH is 2. The minimum atomic E-state index is -0.863. The molecule has 0 saturated carbocycles. The maximum atomic E-state index is 12.5. The van der Waals surface area contributed by atoms with Crippen molar-refractivity contribution in [3.8, 4) is 0 Å². The van der Waals surface area contributed by atoms with Crippen LogP contribution in [0.15, 0.2) is 36.5 Å². The van der Waals surface area contributed by atoms with Gasteiger partial charge in [-0.05, 0) is 57.8 Å². The highest BCUT2D eigenvalue weighted by molar-refractivity contribution is 5.76. The number of unbranched alkanes of at least 4 members (excludes halogenated alkanes) is 42. The molecule has 0 radical (unpaired) electrons. The lowest BCUT2D eigenvalue weighted by Gasteiger charge is -2.19. The highest BCUT2D eigenvalue weighted by atomic mass is 16.3. The van der Waals surface area contributed by atoms with Crippen LogP contribution in [0.25, 0.3) is 0 Å². The van der Waals surface area contributed by atoms with Crippen LogP contribution in [0.4, 0.5) is 0 Å². The van der Waals surface area contributed by atoms with Crippen molar-refractivity contribution in [2.45, 2.75) is 328 Å². The molecule has 0 aliphatic heterocycles. The van der Waals surface area contributed by atoms with Gasteiger partial charge in [0, 0.05) is 6.42 Å². The molecule has 2 unspecified atom stereocenters. The summed E-state index contributed by atoms with van der Waals surface area (Å²) in [7, 11) is 0. The maximum Gasteiger partial charge on any atom is 0.220 e. The van der Waals surface area contributed by atoms with Gasteiger partial charge in [-0.3, -0.25) is 4.79 Å². The van der Waals surface area contributed by atoms with E-state index >= 15 is 0 Å². The zero-order valence-corrected chi connectivity index (χ0v) is 42.9. The molecule has 0 aromatic rings. The molecule has 372 valence electrons. The van der Waals surface area contributed by atoms with Crippen molar-refractivity contribution in [2.75, 3.05) is 6.61 Å². The van der Waals surface area contributed by atoms with Gasteiger partial charge in [-0.15, -0.1) is 0 Å². The molecular formula is C59H113NO3. The van der Waals surface area contributed by atoms with Gasteiger partial charge in [0.15, 0.2) is 0 Å². The van der Waals surface area contributed by atoms with E-state index in [9.17, 15) is 15.0 Å². The summed E-state index contributed by atoms with van der Waals surface area (Å²) in [5.74, 6) is -0.0709. The van der Waals surface area contributed by atoms with Crippen LogP contribution in [0, 0.1) is 0 Å². The number of hydrogen-bond donors (Lipinski definition) is 3. The third-order valence-electron chi connectivity index (χ3n) is 13.3. The second kappa shape index (κ2) is 54.9. The minimum Gasteiger partial charge on any atom is -0.394 e. The Labute approximate surface area is 395 Å². The summed E-state index contributed by atoms with van der Waals surface area (Å²) in [4.78, 5) is 12.5. The van der Waals surface area contributed by atoms with Crippen LogP contribution in [0.1, 0.15) is 316 Å². The summed E-state index contributed by atoms with van der Waals surface area (Å²) in [5, 5.41) is 23.2. The largest absolute Gasteiger partial charge is 0.394 e. The molecule has 0 aromatic carbocycles. The second-order valence-electron chi connectivity index (χ2n) is 19.7. The Morgan fingerprint density at radius 1 is 0.365 bits per heavy atom. The highest BCUT2D eigenvalue weighted by Gasteiger charge is 2.18. The molecule has 4 nitrogen and oxygen atoms in total. The fourth-order valence-corrected chi connectivity index (χ4v) is 8.96. The molecule has 0 fully saturated rings. The number of hydrogen-bond acceptors (Lipinski definition) is 3. The molecule has 2 atom stereocenters. The van der Waals surface area contributed by atoms with E-state index in [1.54, 1.807) is 6.08 Å². The van der Waals surface area contributed by atoms with Gasteiger partial charge >= 0.3 is 0 Å². The first-order valence-electron chi connectivity index (χ1n) is 28.7. The molecular weight excluding hydrogens is 771 g/mol. The van der Waals surface area contributed by atoms with Gasteiger partial charge < -0.3 is 15.5 Å². The van der Waals surface area contributed by atoms with Crippen LogP contribution in [-0.2, 0) is 4.79 Å². The van der Waals surface area contributed by atoms with Gasteiger partial charge in [-0.1, -0.05) is 288 Å². The van der Waals surface area contributed by atoms with E-state index < -0.39 is 12.1 Å². The molecule has 0 bridgehead atoms. The molecule has 0 spiro atoms. The Kier molecular flexibility index (Phi) is 53.7. The van der Waals surface area contributed by atoms with E-state index in [0.717, 1.165) is 32.1 Å². The van der Waals surface area contributed by atoms with Gasteiger partial charge in [0.1, 0.15) is 0 Å². The van der Waals surface area contributed by atoms with Gasteiger partial charge in [-0.25, -0.2) is 0 Å². The lowest BCUT2D eigenvalue weighted by atomic mass is 10.0. The van der Waals surface area contributed by atoms with Crippen molar-refractivity contribution in [1.82, 2.24) is 5.32 Å². The quantitative estimate of drug-likeness (QED) is 0.0421. The van der Waals surface area contributed by atoms with Crippen molar-refractivity contribution in [3.63, 3.8) is 0 Å². The SMILES string of the molecule is CCCCCCCCCCCCCC/C=C\CCCCCCCCCCCCC(=O)NC(CO)C(O)/C=C/CC/C=C/CCCCCCCCCCCCCCCCCCCCC. The van der Waals surface area contributed by atoms with Crippen LogP contribution >= 0.6 is 0 Å². The monoisotopic (exact) mass is 884 g/mol. The Bertz CT molecular complexity index is 958. The highest BCUT2D eigenvalue weighted by Crippen LogP contribution is 2.17. The second-order valence-corrected chi connectivity index (χ2v) is 19.7. The van der Waals surface area contributed by atoms with Crippen molar-refractivity contribution < 1.29 is 15.0 Å². The number of rotatable bonds is 53. The van der Waals surface area contributed by atoms with Crippen molar-refractivity contribution in [3.05, 3.63) is 36.5 Å². The molecule has 63 heavy (non-hydrogen) atoms. The lowest BCUT2D eigenvalue weighted by molar-refractivity contribution is -0.123. The number of carbonyl (C=O) groups is 1. The van der Waals surface area contributed by atoms with Gasteiger partial charge in [0.25, 0.3) is 0 Å². The number of allylic oxidation sites excluding steroid dienone is 5. The lowest BCUT2D eigenvalue weighted by Crippen LogP contribution is -2.45. The first-order valence-corrected chi connectivity index (χ1v) is 28.7. The molecule has 1 amide bonds. The average molecular weight is 885 g/mol. The third-order valence-corrected chi connectivity index (χ3v) is 13.3. The molecule has 0 aliphatic rings. The van der Waals surface area contributed by atoms with Crippen LogP contribution < -0.4 is 5.32 Å². The van der Waals surface area contributed by atoms with E-state index in [4.69, 9.17) is 0 Å². The predicted molar refractivity (Wildman–Crippen MR) is 281 cm³/mol. The zero-order valence-electron chi connectivity index (χ0n) is 42.9. The summed E-state index contributed by atoms with van der Waals surface area (Å²) >= 11 is 0. The van der Waals surface area contributed by atoms with Gasteiger partial charge in [-0.2, -0.15) is 0 Å². The molecule has 0 aliphatic carbocycles. The summed E-state index contributed by atoms with van der Waals surface area (Å²) in [6, 6.07) is -0.640. The summed E-state index contributed by atoms with van der Waals surface area (Å²) < 4.78 is 0. The van der Waals surface area contributed by atoms with Gasteiger partial charge in [0.05, 0.1) is 18.8 Å². The Morgan fingerprint density at radius 2 is 0.619 bits per heavy atom. The number of amides is 1. The first-order chi connectivity index (χ1) is 31.2. The van der Waals surface area contributed by atoms with E-state index in [0.29, 0.717) is 6.42 Å². The fraction of sp³-hybridized carbons (Fsp3) is 0.881. The van der Waals surface area contributed by atoms with Crippen LogP contribution in [0.2, 0.25) is 0 Å². The smallest absolute Gasteiger partial charge is 0.220 e. The number of nitrogens with one attached hydrogen (secondary N) is 1. The van der Waals surface area contributed by atoms with Crippen molar-refractivity contribution in [1.29, 1.82) is 0 Å². The first kappa shape index (κ1) is 61.6. The molecule has 0 saturated heterocycles. The Hall–Kier alpha value is -1.39. The molecule has 0 aromatic heterocycles. The van der Waals surface area contributed by atoms with Crippen LogP contribution in [0.5, 0.6) is 0 Å². The van der Waals surface area contributed by atoms with E-state index in [2.05, 4.69) is 43.5 Å². The van der Waals surface area contributed by atoms with Crippen LogP contribution in [-0.4, -0.2) is 34.9 Å². The van der Waals surface area contributed by atoms with E-state index in [-0.39, 0.29) is 12.5 Å². The Morgan fingerprint density at radius 3 is 0.921 bits per heavy atom.